The lowest BCUT2D eigenvalue weighted by Gasteiger charge is -2.08. The predicted octanol–water partition coefficient (Wildman–Crippen LogP) is 5.93. The smallest absolute Gasteiger partial charge is 0.263 e. The molecule has 4 nitrogen and oxygen atoms in total. The fourth-order valence-electron chi connectivity index (χ4n) is 3.35. The minimum absolute atomic E-state index is 0.148. The van der Waals surface area contributed by atoms with Gasteiger partial charge in [-0.05, 0) is 37.6 Å². The van der Waals surface area contributed by atoms with E-state index in [4.69, 9.17) is 23.2 Å². The summed E-state index contributed by atoms with van der Waals surface area (Å²) in [4.78, 5) is 32.1. The number of hydrogen-bond acceptors (Lipinski definition) is 4. The second-order valence-corrected chi connectivity index (χ2v) is 8.85. The van der Waals surface area contributed by atoms with Gasteiger partial charge in [0, 0.05) is 21.0 Å². The van der Waals surface area contributed by atoms with Crippen LogP contribution in [0.3, 0.4) is 0 Å². The Morgan fingerprint density at radius 3 is 2.66 bits per heavy atom. The van der Waals surface area contributed by atoms with Crippen LogP contribution in [0.5, 0.6) is 0 Å². The number of benzene rings is 2. The lowest BCUT2D eigenvalue weighted by atomic mass is 10.0. The van der Waals surface area contributed by atoms with Gasteiger partial charge in [-0.1, -0.05) is 53.0 Å². The number of halogens is 2. The van der Waals surface area contributed by atoms with E-state index in [-0.39, 0.29) is 22.9 Å². The van der Waals surface area contributed by atoms with Gasteiger partial charge in [-0.3, -0.25) is 14.2 Å². The molecule has 2 aromatic carbocycles. The SMILES string of the molecule is Cc1cccc(-c2c(C)sc3ncn(CC(=O)c4ccc(Cl)cc4Cl)c(=O)c23)c1. The van der Waals surface area contributed by atoms with Crippen molar-refractivity contribution in [3.63, 3.8) is 0 Å². The van der Waals surface area contributed by atoms with Crippen molar-refractivity contribution in [2.75, 3.05) is 0 Å². The normalized spacial score (nSPS) is 11.2. The Morgan fingerprint density at radius 2 is 1.93 bits per heavy atom. The number of Topliss-reactive ketones (excluding diaryl/α,β-unsaturated/α-hetero) is 1. The molecule has 0 aliphatic heterocycles. The molecule has 4 rings (SSSR count). The van der Waals surface area contributed by atoms with Crippen LogP contribution < -0.4 is 5.56 Å². The number of nitrogens with zero attached hydrogens (tertiary/aromatic N) is 2. The van der Waals surface area contributed by atoms with Crippen LogP contribution >= 0.6 is 34.5 Å². The summed E-state index contributed by atoms with van der Waals surface area (Å²) in [6, 6.07) is 12.7. The largest absolute Gasteiger partial charge is 0.292 e. The van der Waals surface area contributed by atoms with E-state index >= 15 is 0 Å². The minimum Gasteiger partial charge on any atom is -0.292 e. The molecule has 7 heteroatoms. The van der Waals surface area contributed by atoms with Crippen LogP contribution in [0.1, 0.15) is 20.8 Å². The van der Waals surface area contributed by atoms with Crippen molar-refractivity contribution in [1.29, 1.82) is 0 Å². The van der Waals surface area contributed by atoms with Crippen molar-refractivity contribution < 1.29 is 4.79 Å². The summed E-state index contributed by atoms with van der Waals surface area (Å²) in [5.74, 6) is -0.279. The van der Waals surface area contributed by atoms with Crippen LogP contribution in [0.4, 0.5) is 0 Å². The van der Waals surface area contributed by atoms with Gasteiger partial charge in [-0.15, -0.1) is 11.3 Å². The third kappa shape index (κ3) is 3.73. The third-order valence-corrected chi connectivity index (χ3v) is 6.27. The Hall–Kier alpha value is -2.47. The molecular formula is C22H16Cl2N2O2S. The molecular weight excluding hydrogens is 427 g/mol. The Kier molecular flexibility index (Phi) is 5.30. The van der Waals surface area contributed by atoms with E-state index in [2.05, 4.69) is 4.98 Å². The average Bonchev–Trinajstić information content (AvgIpc) is 3.00. The van der Waals surface area contributed by atoms with Gasteiger partial charge in [0.15, 0.2) is 5.78 Å². The number of aryl methyl sites for hydroxylation is 2. The van der Waals surface area contributed by atoms with Crippen molar-refractivity contribution in [2.24, 2.45) is 0 Å². The first kappa shape index (κ1) is 19.8. The summed E-state index contributed by atoms with van der Waals surface area (Å²) in [5, 5.41) is 1.25. The van der Waals surface area contributed by atoms with Crippen LogP contribution in [0.2, 0.25) is 10.0 Å². The molecule has 0 spiro atoms. The van der Waals surface area contributed by atoms with Gasteiger partial charge in [0.2, 0.25) is 0 Å². The zero-order valence-corrected chi connectivity index (χ0v) is 18.0. The first-order chi connectivity index (χ1) is 13.8. The van der Waals surface area contributed by atoms with Crippen LogP contribution in [-0.4, -0.2) is 15.3 Å². The van der Waals surface area contributed by atoms with Crippen LogP contribution in [0, 0.1) is 13.8 Å². The number of aromatic nitrogens is 2. The molecule has 0 aliphatic carbocycles. The maximum Gasteiger partial charge on any atom is 0.263 e. The number of hydrogen-bond donors (Lipinski definition) is 0. The molecule has 0 saturated carbocycles. The van der Waals surface area contributed by atoms with E-state index in [1.165, 1.54) is 28.3 Å². The van der Waals surface area contributed by atoms with Gasteiger partial charge in [-0.25, -0.2) is 4.98 Å². The summed E-state index contributed by atoms with van der Waals surface area (Å²) >= 11 is 13.5. The van der Waals surface area contributed by atoms with Crippen molar-refractivity contribution in [3.05, 3.63) is 85.2 Å². The van der Waals surface area contributed by atoms with Crippen molar-refractivity contribution >= 4 is 50.5 Å². The number of thiophene rings is 1. The van der Waals surface area contributed by atoms with Gasteiger partial charge in [-0.2, -0.15) is 0 Å². The van der Waals surface area contributed by atoms with E-state index < -0.39 is 0 Å². The molecule has 146 valence electrons. The minimum atomic E-state index is -0.279. The fourth-order valence-corrected chi connectivity index (χ4v) is 4.87. The second kappa shape index (κ2) is 7.75. The van der Waals surface area contributed by atoms with Crippen LogP contribution in [-0.2, 0) is 6.54 Å². The molecule has 0 radical (unpaired) electrons. The van der Waals surface area contributed by atoms with Crippen molar-refractivity contribution in [2.45, 2.75) is 20.4 Å². The molecule has 2 aromatic heterocycles. The predicted molar refractivity (Wildman–Crippen MR) is 120 cm³/mol. The highest BCUT2D eigenvalue weighted by Crippen LogP contribution is 2.35. The molecule has 4 aromatic rings. The molecule has 0 aliphatic rings. The summed E-state index contributed by atoms with van der Waals surface area (Å²) in [5.41, 5.74) is 3.03. The fraction of sp³-hybridized carbons (Fsp3) is 0.136. The second-order valence-electron chi connectivity index (χ2n) is 6.81. The van der Waals surface area contributed by atoms with Crippen LogP contribution in [0.15, 0.2) is 53.6 Å². The lowest BCUT2D eigenvalue weighted by molar-refractivity contribution is 0.0971. The lowest BCUT2D eigenvalue weighted by Crippen LogP contribution is -2.24. The molecule has 0 saturated heterocycles. The first-order valence-electron chi connectivity index (χ1n) is 8.89. The number of ketones is 1. The molecule has 0 fully saturated rings. The number of carbonyl (C=O) groups is 1. The van der Waals surface area contributed by atoms with Gasteiger partial charge in [0.25, 0.3) is 5.56 Å². The summed E-state index contributed by atoms with van der Waals surface area (Å²) in [6.07, 6.45) is 1.42. The molecule has 0 unspecified atom stereocenters. The highest BCUT2D eigenvalue weighted by Gasteiger charge is 2.19. The quantitative estimate of drug-likeness (QED) is 0.367. The van der Waals surface area contributed by atoms with E-state index in [0.29, 0.717) is 20.8 Å². The molecule has 2 heterocycles. The molecule has 0 bridgehead atoms. The van der Waals surface area contributed by atoms with E-state index in [1.807, 2.05) is 38.1 Å². The summed E-state index contributed by atoms with van der Waals surface area (Å²) in [6.45, 7) is 3.84. The first-order valence-corrected chi connectivity index (χ1v) is 10.5. The summed E-state index contributed by atoms with van der Waals surface area (Å²) < 4.78 is 1.33. The average molecular weight is 443 g/mol. The maximum absolute atomic E-state index is 13.3. The zero-order valence-electron chi connectivity index (χ0n) is 15.7. The van der Waals surface area contributed by atoms with Gasteiger partial charge >= 0.3 is 0 Å². The zero-order chi connectivity index (χ0) is 20.7. The molecule has 0 N–H and O–H groups in total. The van der Waals surface area contributed by atoms with Crippen LogP contribution in [0.25, 0.3) is 21.3 Å². The molecule has 0 amide bonds. The molecule has 0 atom stereocenters. The summed E-state index contributed by atoms with van der Waals surface area (Å²) in [7, 11) is 0. The number of fused-ring (bicyclic) bond motifs is 1. The Morgan fingerprint density at radius 1 is 1.14 bits per heavy atom. The standard InChI is InChI=1S/C22H16Cl2N2O2S/c1-12-4-3-5-14(8-12)19-13(2)29-21-20(19)22(28)26(11-25-21)10-18(27)16-7-6-15(23)9-17(16)24/h3-9,11H,10H2,1-2H3. The highest BCUT2D eigenvalue weighted by molar-refractivity contribution is 7.19. The third-order valence-electron chi connectivity index (χ3n) is 4.71. The highest BCUT2D eigenvalue weighted by atomic mass is 35.5. The Bertz CT molecular complexity index is 1320. The van der Waals surface area contributed by atoms with E-state index in [0.717, 1.165) is 21.6 Å². The number of carbonyl (C=O) groups excluding carboxylic acids is 1. The van der Waals surface area contributed by atoms with Crippen molar-refractivity contribution in [3.8, 4) is 11.1 Å². The number of rotatable bonds is 4. The Labute approximate surface area is 181 Å². The Balaban J connectivity index is 1.81. The monoisotopic (exact) mass is 442 g/mol. The molecule has 29 heavy (non-hydrogen) atoms. The maximum atomic E-state index is 13.3. The van der Waals surface area contributed by atoms with Gasteiger partial charge in [0.1, 0.15) is 4.83 Å². The topological polar surface area (TPSA) is 52.0 Å². The van der Waals surface area contributed by atoms with Gasteiger partial charge < -0.3 is 0 Å². The van der Waals surface area contributed by atoms with Crippen molar-refractivity contribution in [1.82, 2.24) is 9.55 Å². The van der Waals surface area contributed by atoms with E-state index in [9.17, 15) is 9.59 Å². The van der Waals surface area contributed by atoms with Gasteiger partial charge in [0.05, 0.1) is 23.3 Å². The van der Waals surface area contributed by atoms with E-state index in [1.54, 1.807) is 12.1 Å².